The number of hydrogen-bond donors (Lipinski definition) is 0. The van der Waals surface area contributed by atoms with Crippen molar-refractivity contribution in [1.29, 1.82) is 0 Å². The fraction of sp³-hybridized carbons (Fsp3) is 0.0952. The first-order valence-corrected chi connectivity index (χ1v) is 9.57. The van der Waals surface area contributed by atoms with Gasteiger partial charge < -0.3 is 9.47 Å². The van der Waals surface area contributed by atoms with Crippen LogP contribution >= 0.6 is 31.9 Å². The first-order valence-electron chi connectivity index (χ1n) is 7.98. The maximum atomic E-state index is 12.3. The average Bonchev–Trinajstić information content (AvgIpc) is 2.62. The highest BCUT2D eigenvalue weighted by molar-refractivity contribution is 9.11. The van der Waals surface area contributed by atoms with Gasteiger partial charge in [0.25, 0.3) is 0 Å². The Balaban J connectivity index is 1.72. The van der Waals surface area contributed by atoms with Crippen molar-refractivity contribution < 1.29 is 14.3 Å². The molecule has 0 aliphatic rings. The summed E-state index contributed by atoms with van der Waals surface area (Å²) in [6.07, 6.45) is 0. The lowest BCUT2D eigenvalue weighted by atomic mass is 10.1. The molecule has 5 heteroatoms. The molecule has 132 valence electrons. The highest BCUT2D eigenvalue weighted by atomic mass is 79.9. The Morgan fingerprint density at radius 2 is 1.65 bits per heavy atom. The third kappa shape index (κ3) is 4.54. The topological polar surface area (TPSA) is 35.5 Å². The summed E-state index contributed by atoms with van der Waals surface area (Å²) in [5.74, 6) is 0.683. The second kappa shape index (κ2) is 8.52. The number of rotatable bonds is 5. The molecule has 0 amide bonds. The van der Waals surface area contributed by atoms with E-state index in [1.165, 1.54) is 0 Å². The molecule has 0 fully saturated rings. The van der Waals surface area contributed by atoms with Gasteiger partial charge in [0.15, 0.2) is 6.61 Å². The number of carbonyl (C=O) groups is 1. The van der Waals surface area contributed by atoms with Crippen LogP contribution in [0.1, 0.15) is 5.56 Å². The largest absolute Gasteiger partial charge is 0.480 e. The lowest BCUT2D eigenvalue weighted by Crippen LogP contribution is -2.18. The van der Waals surface area contributed by atoms with Crippen LogP contribution in [-0.2, 0) is 4.79 Å². The Labute approximate surface area is 169 Å². The third-order valence-electron chi connectivity index (χ3n) is 3.72. The minimum Gasteiger partial charge on any atom is -0.480 e. The van der Waals surface area contributed by atoms with Crippen molar-refractivity contribution in [3.63, 3.8) is 0 Å². The molecule has 0 aliphatic carbocycles. The minimum atomic E-state index is -0.456. The molecule has 0 aromatic heterocycles. The Morgan fingerprint density at radius 3 is 2.38 bits per heavy atom. The summed E-state index contributed by atoms with van der Waals surface area (Å²) in [6, 6.07) is 21.1. The zero-order valence-electron chi connectivity index (χ0n) is 14.0. The molecule has 0 unspecified atom stereocenters. The van der Waals surface area contributed by atoms with Crippen molar-refractivity contribution in [3.05, 3.63) is 81.2 Å². The number of hydrogen-bond acceptors (Lipinski definition) is 3. The van der Waals surface area contributed by atoms with E-state index < -0.39 is 5.97 Å². The van der Waals surface area contributed by atoms with E-state index in [-0.39, 0.29) is 6.61 Å². The quantitative estimate of drug-likeness (QED) is 0.327. The summed E-state index contributed by atoms with van der Waals surface area (Å²) in [4.78, 5) is 12.3. The van der Waals surface area contributed by atoms with E-state index in [4.69, 9.17) is 9.47 Å². The number of para-hydroxylation sites is 1. The molecule has 0 radical (unpaired) electrons. The van der Waals surface area contributed by atoms with Gasteiger partial charge in [-0.1, -0.05) is 64.5 Å². The molecule has 0 heterocycles. The van der Waals surface area contributed by atoms with E-state index in [0.717, 1.165) is 25.6 Å². The minimum absolute atomic E-state index is 0.176. The number of benzene rings is 3. The molecule has 3 rings (SSSR count). The van der Waals surface area contributed by atoms with Crippen molar-refractivity contribution >= 4 is 37.8 Å². The Morgan fingerprint density at radius 1 is 0.962 bits per heavy atom. The van der Waals surface area contributed by atoms with Crippen LogP contribution in [0.5, 0.6) is 11.5 Å². The molecule has 0 atom stereocenters. The van der Waals surface area contributed by atoms with E-state index in [0.29, 0.717) is 11.5 Å². The number of esters is 1. The molecule has 26 heavy (non-hydrogen) atoms. The standard InChI is InChI=1S/C21H16Br2O3/c1-14-11-16(22)12-18(23)21(14)25-13-20(24)26-19-10-6-5-9-17(19)15-7-3-2-4-8-15/h2-12H,13H2,1H3. The SMILES string of the molecule is Cc1cc(Br)cc(Br)c1OCC(=O)Oc1ccccc1-c1ccccc1. The van der Waals surface area contributed by atoms with E-state index in [1.54, 1.807) is 6.07 Å². The summed E-state index contributed by atoms with van der Waals surface area (Å²) >= 11 is 6.87. The fourth-order valence-corrected chi connectivity index (χ4v) is 4.12. The molecule has 0 aliphatic heterocycles. The highest BCUT2D eigenvalue weighted by Gasteiger charge is 2.13. The zero-order valence-corrected chi connectivity index (χ0v) is 17.2. The van der Waals surface area contributed by atoms with Gasteiger partial charge in [0, 0.05) is 10.0 Å². The summed E-state index contributed by atoms with van der Waals surface area (Å²) in [6.45, 7) is 1.74. The number of carbonyl (C=O) groups excluding carboxylic acids is 1. The summed E-state index contributed by atoms with van der Waals surface area (Å²) in [7, 11) is 0. The molecular formula is C21H16Br2O3. The van der Waals surface area contributed by atoms with Crippen LogP contribution in [0.25, 0.3) is 11.1 Å². The predicted octanol–water partition coefficient (Wildman–Crippen LogP) is 6.17. The van der Waals surface area contributed by atoms with Gasteiger partial charge in [0.2, 0.25) is 0 Å². The number of ether oxygens (including phenoxy) is 2. The van der Waals surface area contributed by atoms with Crippen molar-refractivity contribution in [1.82, 2.24) is 0 Å². The number of aryl methyl sites for hydroxylation is 1. The molecular weight excluding hydrogens is 460 g/mol. The van der Waals surface area contributed by atoms with E-state index in [2.05, 4.69) is 31.9 Å². The van der Waals surface area contributed by atoms with Gasteiger partial charge in [0.05, 0.1) is 4.47 Å². The second-order valence-electron chi connectivity index (χ2n) is 5.66. The monoisotopic (exact) mass is 474 g/mol. The van der Waals surface area contributed by atoms with Crippen LogP contribution in [0.15, 0.2) is 75.7 Å². The van der Waals surface area contributed by atoms with Crippen LogP contribution in [0.4, 0.5) is 0 Å². The van der Waals surface area contributed by atoms with Gasteiger partial charge in [-0.3, -0.25) is 0 Å². The van der Waals surface area contributed by atoms with Crippen LogP contribution < -0.4 is 9.47 Å². The maximum Gasteiger partial charge on any atom is 0.349 e. The van der Waals surface area contributed by atoms with Gasteiger partial charge in [-0.2, -0.15) is 0 Å². The second-order valence-corrected chi connectivity index (χ2v) is 7.43. The van der Waals surface area contributed by atoms with Crippen LogP contribution in [-0.4, -0.2) is 12.6 Å². The highest BCUT2D eigenvalue weighted by Crippen LogP contribution is 2.33. The van der Waals surface area contributed by atoms with Gasteiger partial charge >= 0.3 is 5.97 Å². The van der Waals surface area contributed by atoms with Gasteiger partial charge in [-0.15, -0.1) is 0 Å². The summed E-state index contributed by atoms with van der Waals surface area (Å²) in [5.41, 5.74) is 2.77. The lowest BCUT2D eigenvalue weighted by Gasteiger charge is -2.13. The van der Waals surface area contributed by atoms with Crippen molar-refractivity contribution in [2.75, 3.05) is 6.61 Å². The van der Waals surface area contributed by atoms with Crippen molar-refractivity contribution in [3.8, 4) is 22.6 Å². The Kier molecular flexibility index (Phi) is 6.12. The molecule has 0 spiro atoms. The van der Waals surface area contributed by atoms with Crippen LogP contribution in [0.2, 0.25) is 0 Å². The van der Waals surface area contributed by atoms with Crippen molar-refractivity contribution in [2.24, 2.45) is 0 Å². The predicted molar refractivity (Wildman–Crippen MR) is 110 cm³/mol. The van der Waals surface area contributed by atoms with E-state index in [1.807, 2.05) is 67.6 Å². The molecule has 3 aromatic carbocycles. The van der Waals surface area contributed by atoms with Crippen LogP contribution in [0.3, 0.4) is 0 Å². The van der Waals surface area contributed by atoms with Gasteiger partial charge in [0.1, 0.15) is 11.5 Å². The first kappa shape index (κ1) is 18.7. The lowest BCUT2D eigenvalue weighted by molar-refractivity contribution is -0.136. The Bertz CT molecular complexity index is 901. The Hall–Kier alpha value is -2.11. The zero-order chi connectivity index (χ0) is 18.5. The fourth-order valence-electron chi connectivity index (χ4n) is 2.57. The molecule has 0 bridgehead atoms. The molecule has 0 saturated carbocycles. The van der Waals surface area contributed by atoms with Crippen molar-refractivity contribution in [2.45, 2.75) is 6.92 Å². The average molecular weight is 476 g/mol. The molecule has 0 N–H and O–H groups in total. The van der Waals surface area contributed by atoms with Gasteiger partial charge in [-0.25, -0.2) is 4.79 Å². The normalized spacial score (nSPS) is 10.4. The first-order chi connectivity index (χ1) is 12.5. The smallest absolute Gasteiger partial charge is 0.349 e. The molecule has 3 aromatic rings. The van der Waals surface area contributed by atoms with E-state index >= 15 is 0 Å². The van der Waals surface area contributed by atoms with Gasteiger partial charge in [-0.05, 0) is 52.2 Å². The van der Waals surface area contributed by atoms with Crippen LogP contribution in [0, 0.1) is 6.92 Å². The maximum absolute atomic E-state index is 12.3. The van der Waals surface area contributed by atoms with E-state index in [9.17, 15) is 4.79 Å². The molecule has 0 saturated heterocycles. The number of halogens is 2. The summed E-state index contributed by atoms with van der Waals surface area (Å²) in [5, 5.41) is 0. The third-order valence-corrected chi connectivity index (χ3v) is 4.77. The molecule has 3 nitrogen and oxygen atoms in total. The summed E-state index contributed by atoms with van der Waals surface area (Å²) < 4.78 is 12.9.